The lowest BCUT2D eigenvalue weighted by molar-refractivity contribution is -0.386. The summed E-state index contributed by atoms with van der Waals surface area (Å²) in [5.41, 5.74) is 5.18. The zero-order valence-electron chi connectivity index (χ0n) is 9.87. The van der Waals surface area contributed by atoms with E-state index < -0.39 is 4.92 Å². The van der Waals surface area contributed by atoms with Crippen LogP contribution in [0.4, 0.5) is 5.69 Å². The average Bonchev–Trinajstić information content (AvgIpc) is 2.38. The highest BCUT2D eigenvalue weighted by molar-refractivity contribution is 5.97. The normalized spacial score (nSPS) is 11.3. The van der Waals surface area contributed by atoms with Crippen LogP contribution in [-0.2, 0) is 0 Å². The Hall–Kier alpha value is -2.38. The summed E-state index contributed by atoms with van der Waals surface area (Å²) in [6.07, 6.45) is 2.94. The molecule has 1 heterocycles. The molecule has 0 aliphatic carbocycles. The molecule has 98 valence electrons. The number of rotatable bonds is 6. The molecular formula is C10H14N4O4. The van der Waals surface area contributed by atoms with Crippen molar-refractivity contribution in [3.63, 3.8) is 0 Å². The highest BCUT2D eigenvalue weighted by Crippen LogP contribution is 2.25. The lowest BCUT2D eigenvalue weighted by Gasteiger charge is -2.06. The van der Waals surface area contributed by atoms with Gasteiger partial charge in [0.15, 0.2) is 5.84 Å². The average molecular weight is 254 g/mol. The number of pyridine rings is 1. The molecule has 0 unspecified atom stereocenters. The third-order valence-corrected chi connectivity index (χ3v) is 2.17. The van der Waals surface area contributed by atoms with Gasteiger partial charge in [-0.2, -0.15) is 0 Å². The van der Waals surface area contributed by atoms with E-state index in [9.17, 15) is 10.1 Å². The Kier molecular flexibility index (Phi) is 4.85. The van der Waals surface area contributed by atoms with Gasteiger partial charge in [-0.25, -0.2) is 4.98 Å². The molecule has 0 saturated carbocycles. The Labute approximate surface area is 103 Å². The molecule has 1 rings (SSSR count). The minimum Gasteiger partial charge on any atom is -0.473 e. The quantitative estimate of drug-likeness (QED) is 0.197. The van der Waals surface area contributed by atoms with Crippen LogP contribution >= 0.6 is 0 Å². The van der Waals surface area contributed by atoms with Crippen LogP contribution in [0.3, 0.4) is 0 Å². The summed E-state index contributed by atoms with van der Waals surface area (Å²) in [7, 11) is 0. The van der Waals surface area contributed by atoms with Gasteiger partial charge in [0.25, 0.3) is 5.88 Å². The van der Waals surface area contributed by atoms with Gasteiger partial charge in [0.1, 0.15) is 0 Å². The summed E-state index contributed by atoms with van der Waals surface area (Å²) < 4.78 is 5.21. The van der Waals surface area contributed by atoms with Crippen molar-refractivity contribution in [3.8, 4) is 5.88 Å². The number of unbranched alkanes of at least 4 members (excludes halogenated alkanes) is 1. The predicted octanol–water partition coefficient (Wildman–Crippen LogP) is 1.26. The van der Waals surface area contributed by atoms with E-state index >= 15 is 0 Å². The molecule has 0 saturated heterocycles. The maximum Gasteiger partial charge on any atom is 0.331 e. The third kappa shape index (κ3) is 3.30. The Bertz CT molecular complexity index is 461. The van der Waals surface area contributed by atoms with Crippen molar-refractivity contribution in [3.05, 3.63) is 27.9 Å². The van der Waals surface area contributed by atoms with Crippen LogP contribution in [0.25, 0.3) is 0 Å². The van der Waals surface area contributed by atoms with Gasteiger partial charge in [-0.15, -0.1) is 0 Å². The maximum absolute atomic E-state index is 10.9. The first-order valence-corrected chi connectivity index (χ1v) is 5.35. The van der Waals surface area contributed by atoms with E-state index in [1.807, 2.05) is 6.92 Å². The summed E-state index contributed by atoms with van der Waals surface area (Å²) in [6.45, 7) is 2.33. The fraction of sp³-hybridized carbons (Fsp3) is 0.400. The van der Waals surface area contributed by atoms with Gasteiger partial charge in [0.05, 0.1) is 11.5 Å². The first kappa shape index (κ1) is 13.7. The van der Waals surface area contributed by atoms with Crippen LogP contribution in [0, 0.1) is 10.1 Å². The van der Waals surface area contributed by atoms with Gasteiger partial charge in [-0.1, -0.05) is 18.5 Å². The van der Waals surface area contributed by atoms with E-state index in [1.54, 1.807) is 0 Å². The number of nitrogens with zero attached hydrogens (tertiary/aromatic N) is 3. The van der Waals surface area contributed by atoms with Crippen LogP contribution in [0.15, 0.2) is 17.4 Å². The molecule has 1 aromatic rings. The number of hydrogen-bond acceptors (Lipinski definition) is 6. The van der Waals surface area contributed by atoms with Gasteiger partial charge < -0.3 is 15.7 Å². The van der Waals surface area contributed by atoms with E-state index in [0.717, 1.165) is 18.9 Å². The molecule has 0 radical (unpaired) electrons. The SMILES string of the molecule is CCCCOc1ncc(C(N)=NO)cc1[N+](=O)[O-]. The minimum absolute atomic E-state index is 0.0667. The van der Waals surface area contributed by atoms with Crippen molar-refractivity contribution in [1.29, 1.82) is 0 Å². The van der Waals surface area contributed by atoms with Gasteiger partial charge in [0.2, 0.25) is 0 Å². The standard InChI is InChI=1S/C10H14N4O4/c1-2-3-4-18-10-8(14(16)17)5-7(6-12-10)9(11)13-15/h5-6,15H,2-4H2,1H3,(H2,11,13). The molecule has 1 aromatic heterocycles. The molecule has 0 amide bonds. The molecular weight excluding hydrogens is 240 g/mol. The summed E-state index contributed by atoms with van der Waals surface area (Å²) in [5, 5.41) is 22.1. The van der Waals surface area contributed by atoms with Crippen LogP contribution in [0.5, 0.6) is 5.88 Å². The monoisotopic (exact) mass is 254 g/mol. The molecule has 0 bridgehead atoms. The molecule has 8 nitrogen and oxygen atoms in total. The Morgan fingerprint density at radius 3 is 3.00 bits per heavy atom. The Morgan fingerprint density at radius 1 is 1.72 bits per heavy atom. The molecule has 0 aliphatic heterocycles. The van der Waals surface area contributed by atoms with E-state index in [0.29, 0.717) is 6.61 Å². The van der Waals surface area contributed by atoms with Crippen LogP contribution in [0.1, 0.15) is 25.3 Å². The fourth-order valence-corrected chi connectivity index (χ4v) is 1.19. The molecule has 0 aromatic carbocycles. The molecule has 3 N–H and O–H groups in total. The number of ether oxygens (including phenoxy) is 1. The smallest absolute Gasteiger partial charge is 0.331 e. The zero-order chi connectivity index (χ0) is 13.5. The van der Waals surface area contributed by atoms with Crippen LogP contribution in [0.2, 0.25) is 0 Å². The summed E-state index contributed by atoms with van der Waals surface area (Å²) in [6, 6.07) is 1.16. The Morgan fingerprint density at radius 2 is 2.44 bits per heavy atom. The van der Waals surface area contributed by atoms with Crippen molar-refractivity contribution in [1.82, 2.24) is 4.98 Å². The summed E-state index contributed by atoms with van der Waals surface area (Å²) in [5.74, 6) is -0.311. The molecule has 18 heavy (non-hydrogen) atoms. The molecule has 0 aliphatic rings. The number of nitrogens with two attached hydrogens (primary N) is 1. The molecule has 0 fully saturated rings. The van der Waals surface area contributed by atoms with Crippen LogP contribution < -0.4 is 10.5 Å². The Balaban J connectivity index is 3.01. The van der Waals surface area contributed by atoms with Crippen molar-refractivity contribution in [2.75, 3.05) is 6.61 Å². The second-order valence-corrected chi connectivity index (χ2v) is 3.49. The van der Waals surface area contributed by atoms with Crippen LogP contribution in [-0.4, -0.2) is 27.6 Å². The molecule has 0 spiro atoms. The van der Waals surface area contributed by atoms with Crippen molar-refractivity contribution in [2.24, 2.45) is 10.9 Å². The zero-order valence-corrected chi connectivity index (χ0v) is 9.87. The fourth-order valence-electron chi connectivity index (χ4n) is 1.19. The van der Waals surface area contributed by atoms with E-state index in [2.05, 4.69) is 10.1 Å². The highest BCUT2D eigenvalue weighted by atomic mass is 16.6. The van der Waals surface area contributed by atoms with Gasteiger partial charge in [0, 0.05) is 17.8 Å². The third-order valence-electron chi connectivity index (χ3n) is 2.17. The number of hydrogen-bond donors (Lipinski definition) is 2. The number of amidine groups is 1. The number of aromatic nitrogens is 1. The van der Waals surface area contributed by atoms with E-state index in [4.69, 9.17) is 15.7 Å². The van der Waals surface area contributed by atoms with Crippen molar-refractivity contribution < 1.29 is 14.9 Å². The van der Waals surface area contributed by atoms with E-state index in [-0.39, 0.29) is 23.0 Å². The second-order valence-electron chi connectivity index (χ2n) is 3.49. The largest absolute Gasteiger partial charge is 0.473 e. The minimum atomic E-state index is -0.623. The first-order valence-electron chi connectivity index (χ1n) is 5.35. The second kappa shape index (κ2) is 6.38. The van der Waals surface area contributed by atoms with Crippen molar-refractivity contribution >= 4 is 11.5 Å². The lowest BCUT2D eigenvalue weighted by Crippen LogP contribution is -2.14. The first-order chi connectivity index (χ1) is 8.60. The van der Waals surface area contributed by atoms with E-state index in [1.165, 1.54) is 6.20 Å². The van der Waals surface area contributed by atoms with Crippen molar-refractivity contribution in [2.45, 2.75) is 19.8 Å². The van der Waals surface area contributed by atoms with Gasteiger partial charge >= 0.3 is 5.69 Å². The maximum atomic E-state index is 10.9. The number of oxime groups is 1. The topological polar surface area (TPSA) is 124 Å². The highest BCUT2D eigenvalue weighted by Gasteiger charge is 2.19. The summed E-state index contributed by atoms with van der Waals surface area (Å²) in [4.78, 5) is 14.0. The number of nitro groups is 1. The molecule has 8 heteroatoms. The van der Waals surface area contributed by atoms with Gasteiger partial charge in [-0.3, -0.25) is 10.1 Å². The molecule has 0 atom stereocenters. The summed E-state index contributed by atoms with van der Waals surface area (Å²) >= 11 is 0. The predicted molar refractivity (Wildman–Crippen MR) is 63.8 cm³/mol. The van der Waals surface area contributed by atoms with Gasteiger partial charge in [-0.05, 0) is 6.42 Å². The lowest BCUT2D eigenvalue weighted by atomic mass is 10.2.